The Morgan fingerprint density at radius 2 is 1.86 bits per heavy atom. The van der Waals surface area contributed by atoms with Crippen LogP contribution in [-0.2, 0) is 4.79 Å². The summed E-state index contributed by atoms with van der Waals surface area (Å²) >= 11 is 6.05. The van der Waals surface area contributed by atoms with Crippen molar-refractivity contribution in [1.29, 1.82) is 0 Å². The molecule has 1 heterocycles. The number of hydrogen-bond donors (Lipinski definition) is 1. The molecule has 138 valence electrons. The molecule has 0 atom stereocenters. The summed E-state index contributed by atoms with van der Waals surface area (Å²) in [6.45, 7) is 0. The average Bonchev–Trinajstić information content (AvgIpc) is 2.68. The van der Waals surface area contributed by atoms with E-state index < -0.39 is 5.82 Å². The van der Waals surface area contributed by atoms with E-state index in [1.165, 1.54) is 30.3 Å². The molecule has 0 aliphatic rings. The van der Waals surface area contributed by atoms with Crippen LogP contribution in [0.15, 0.2) is 76.0 Å². The number of benzene rings is 3. The molecule has 0 spiro atoms. The summed E-state index contributed by atoms with van der Waals surface area (Å²) in [7, 11) is 0. The van der Waals surface area contributed by atoms with E-state index in [0.29, 0.717) is 21.7 Å². The number of rotatable bonds is 3. The molecule has 1 amide bonds. The van der Waals surface area contributed by atoms with Crippen molar-refractivity contribution >= 4 is 51.2 Å². The van der Waals surface area contributed by atoms with Gasteiger partial charge in [0.2, 0.25) is 11.3 Å². The molecule has 28 heavy (non-hydrogen) atoms. The van der Waals surface area contributed by atoms with Crippen molar-refractivity contribution in [2.75, 3.05) is 5.32 Å². The van der Waals surface area contributed by atoms with Crippen LogP contribution in [0.1, 0.15) is 5.56 Å². The first-order valence-corrected chi connectivity index (χ1v) is 8.79. The first-order chi connectivity index (χ1) is 13.5. The van der Waals surface area contributed by atoms with E-state index in [2.05, 4.69) is 5.32 Å². The van der Waals surface area contributed by atoms with Gasteiger partial charge in [-0.2, -0.15) is 0 Å². The number of carbonyl (C=O) groups excluding carboxylic acids is 1. The third-order valence-electron chi connectivity index (χ3n) is 4.24. The summed E-state index contributed by atoms with van der Waals surface area (Å²) in [4.78, 5) is 24.7. The summed E-state index contributed by atoms with van der Waals surface area (Å²) in [5.74, 6) is -0.998. The molecular formula is C22H13ClFNO3. The molecular weight excluding hydrogens is 381 g/mol. The lowest BCUT2D eigenvalue weighted by Crippen LogP contribution is -2.08. The highest BCUT2D eigenvalue weighted by atomic mass is 35.5. The van der Waals surface area contributed by atoms with Gasteiger partial charge < -0.3 is 9.73 Å². The predicted molar refractivity (Wildman–Crippen MR) is 109 cm³/mol. The van der Waals surface area contributed by atoms with Crippen molar-refractivity contribution in [3.8, 4) is 0 Å². The Bertz CT molecular complexity index is 1310. The lowest BCUT2D eigenvalue weighted by molar-refractivity contribution is -0.111. The van der Waals surface area contributed by atoms with Crippen LogP contribution >= 0.6 is 11.6 Å². The number of carbonyl (C=O) groups is 1. The van der Waals surface area contributed by atoms with Crippen molar-refractivity contribution in [2.45, 2.75) is 0 Å². The highest BCUT2D eigenvalue weighted by Crippen LogP contribution is 2.23. The van der Waals surface area contributed by atoms with Crippen molar-refractivity contribution < 1.29 is 13.6 Å². The van der Waals surface area contributed by atoms with Crippen molar-refractivity contribution in [3.63, 3.8) is 0 Å². The topological polar surface area (TPSA) is 59.3 Å². The number of nitrogens with one attached hydrogen (secondary N) is 1. The molecule has 0 saturated heterocycles. The van der Waals surface area contributed by atoms with Gasteiger partial charge in [-0.15, -0.1) is 0 Å². The van der Waals surface area contributed by atoms with E-state index in [-0.39, 0.29) is 27.9 Å². The fourth-order valence-corrected chi connectivity index (χ4v) is 3.08. The molecule has 0 aliphatic heterocycles. The number of halogens is 2. The van der Waals surface area contributed by atoms with E-state index in [0.717, 1.165) is 0 Å². The summed E-state index contributed by atoms with van der Waals surface area (Å²) in [5.41, 5.74) is 0.885. The fraction of sp³-hybridized carbons (Fsp3) is 0. The molecule has 6 heteroatoms. The molecule has 0 bridgehead atoms. The van der Waals surface area contributed by atoms with Gasteiger partial charge in [-0.3, -0.25) is 9.59 Å². The molecule has 3 aromatic carbocycles. The Morgan fingerprint density at radius 3 is 2.68 bits per heavy atom. The maximum absolute atomic E-state index is 14.0. The monoisotopic (exact) mass is 393 g/mol. The highest BCUT2D eigenvalue weighted by Gasteiger charge is 2.11. The molecule has 4 nitrogen and oxygen atoms in total. The van der Waals surface area contributed by atoms with Crippen LogP contribution in [0.5, 0.6) is 0 Å². The second-order valence-electron chi connectivity index (χ2n) is 6.10. The molecule has 4 rings (SSSR count). The minimum atomic E-state index is -0.617. The van der Waals surface area contributed by atoms with Gasteiger partial charge in [0.05, 0.1) is 10.8 Å². The first kappa shape index (κ1) is 17.9. The zero-order valence-corrected chi connectivity index (χ0v) is 15.2. The summed E-state index contributed by atoms with van der Waals surface area (Å²) in [6.07, 6.45) is 2.95. The zero-order valence-electron chi connectivity index (χ0n) is 14.4. The maximum Gasteiger partial charge on any atom is 0.248 e. The van der Waals surface area contributed by atoms with Crippen molar-refractivity contribution in [2.24, 2.45) is 0 Å². The minimum Gasteiger partial charge on any atom is -0.453 e. The SMILES string of the molecule is O=C(/C=C/c1ccccc1Cl)Nc1ccc2c(=O)c3cccc(F)c3oc2c1. The second-order valence-corrected chi connectivity index (χ2v) is 6.51. The first-order valence-electron chi connectivity index (χ1n) is 8.41. The Labute approximate surface area is 163 Å². The van der Waals surface area contributed by atoms with E-state index in [9.17, 15) is 14.0 Å². The predicted octanol–water partition coefficient (Wildman–Crippen LogP) is 5.39. The van der Waals surface area contributed by atoms with Gasteiger partial charge >= 0.3 is 0 Å². The summed E-state index contributed by atoms with van der Waals surface area (Å²) < 4.78 is 19.5. The Kier molecular flexibility index (Phi) is 4.67. The van der Waals surface area contributed by atoms with Gasteiger partial charge in [0.1, 0.15) is 5.58 Å². The number of para-hydroxylation sites is 1. The molecule has 0 radical (unpaired) electrons. The highest BCUT2D eigenvalue weighted by molar-refractivity contribution is 6.32. The number of anilines is 1. The third kappa shape index (κ3) is 3.40. The summed E-state index contributed by atoms with van der Waals surface area (Å²) in [5, 5.41) is 3.70. The lowest BCUT2D eigenvalue weighted by Gasteiger charge is -2.06. The van der Waals surface area contributed by atoms with E-state index in [1.54, 1.807) is 36.4 Å². The van der Waals surface area contributed by atoms with E-state index >= 15 is 0 Å². The van der Waals surface area contributed by atoms with Gasteiger partial charge in [0.15, 0.2) is 11.4 Å². The lowest BCUT2D eigenvalue weighted by atomic mass is 10.1. The molecule has 4 aromatic rings. The Hall–Kier alpha value is -3.44. The zero-order chi connectivity index (χ0) is 19.7. The van der Waals surface area contributed by atoms with E-state index in [4.69, 9.17) is 16.0 Å². The maximum atomic E-state index is 14.0. The Balaban J connectivity index is 1.65. The van der Waals surface area contributed by atoms with Gasteiger partial charge in [0.25, 0.3) is 0 Å². The number of hydrogen-bond acceptors (Lipinski definition) is 3. The van der Waals surface area contributed by atoms with E-state index in [1.807, 2.05) is 6.07 Å². The number of fused-ring (bicyclic) bond motifs is 2. The van der Waals surface area contributed by atoms with Crippen LogP contribution in [0.2, 0.25) is 5.02 Å². The standard InChI is InChI=1S/C22H13ClFNO3/c23-17-6-2-1-4-13(17)8-11-20(26)25-14-9-10-15-19(12-14)28-22-16(21(15)27)5-3-7-18(22)24/h1-12H,(H,25,26)/b11-8+. The van der Waals surface area contributed by atoms with Gasteiger partial charge in [0, 0.05) is 22.9 Å². The van der Waals surface area contributed by atoms with Crippen LogP contribution in [0.4, 0.5) is 10.1 Å². The molecule has 0 unspecified atom stereocenters. The van der Waals surface area contributed by atoms with Crippen LogP contribution in [0, 0.1) is 5.82 Å². The molecule has 1 aromatic heterocycles. The molecule has 1 N–H and O–H groups in total. The normalized spacial score (nSPS) is 11.4. The van der Waals surface area contributed by atoms with Crippen molar-refractivity contribution in [1.82, 2.24) is 0 Å². The molecule has 0 fully saturated rings. The van der Waals surface area contributed by atoms with Crippen LogP contribution < -0.4 is 10.7 Å². The van der Waals surface area contributed by atoms with Gasteiger partial charge in [-0.1, -0.05) is 35.9 Å². The Morgan fingerprint density at radius 1 is 1.04 bits per heavy atom. The minimum absolute atomic E-state index is 0.109. The molecule has 0 aliphatic carbocycles. The fourth-order valence-electron chi connectivity index (χ4n) is 2.88. The number of amides is 1. The quantitative estimate of drug-likeness (QED) is 0.375. The molecule has 0 saturated carbocycles. The van der Waals surface area contributed by atoms with Crippen LogP contribution in [0.3, 0.4) is 0 Å². The third-order valence-corrected chi connectivity index (χ3v) is 4.58. The smallest absolute Gasteiger partial charge is 0.248 e. The second kappa shape index (κ2) is 7.29. The van der Waals surface area contributed by atoms with Crippen LogP contribution in [0.25, 0.3) is 28.0 Å². The van der Waals surface area contributed by atoms with Gasteiger partial charge in [-0.05, 0) is 42.0 Å². The average molecular weight is 394 g/mol. The largest absolute Gasteiger partial charge is 0.453 e. The van der Waals surface area contributed by atoms with Crippen LogP contribution in [-0.4, -0.2) is 5.91 Å². The van der Waals surface area contributed by atoms with Crippen molar-refractivity contribution in [3.05, 3.63) is 93.4 Å². The van der Waals surface area contributed by atoms with Gasteiger partial charge in [-0.25, -0.2) is 4.39 Å². The summed E-state index contributed by atoms with van der Waals surface area (Å²) in [6, 6.07) is 16.0.